The Balaban J connectivity index is 1.58. The molecule has 3 amide bonds. The third-order valence-electron chi connectivity index (χ3n) is 6.81. The highest BCUT2D eigenvalue weighted by atomic mass is 31.2. The molecule has 13 heteroatoms. The average molecular weight is 597 g/mol. The van der Waals surface area contributed by atoms with Crippen LogP contribution in [0.5, 0.6) is 0 Å². The molecule has 0 aliphatic carbocycles. The molecule has 0 unspecified atom stereocenters. The van der Waals surface area contributed by atoms with E-state index in [2.05, 4.69) is 10.6 Å². The topological polar surface area (TPSA) is 78.5 Å². The molecule has 0 spiro atoms. The van der Waals surface area contributed by atoms with Gasteiger partial charge in [-0.1, -0.05) is 38.1 Å². The van der Waals surface area contributed by atoms with Gasteiger partial charge < -0.3 is 20.1 Å². The lowest BCUT2D eigenvalue weighted by atomic mass is 9.87. The summed E-state index contributed by atoms with van der Waals surface area (Å²) < 4.78 is 96.1. The van der Waals surface area contributed by atoms with Crippen molar-refractivity contribution in [3.05, 3.63) is 77.6 Å². The van der Waals surface area contributed by atoms with Crippen molar-refractivity contribution in [1.82, 2.24) is 5.32 Å². The van der Waals surface area contributed by atoms with Crippen molar-refractivity contribution >= 4 is 35.8 Å². The first kappa shape index (κ1) is 30.2. The van der Waals surface area contributed by atoms with E-state index in [-0.39, 0.29) is 29.4 Å². The Morgan fingerprint density at radius 3 is 2.24 bits per heavy atom. The second-order valence-corrected chi connectivity index (χ2v) is 13.9. The minimum Gasteiger partial charge on any atom is -0.325 e. The largest absolute Gasteiger partial charge is 0.416 e. The summed E-state index contributed by atoms with van der Waals surface area (Å²) in [5.41, 5.74) is -3.07. The quantitative estimate of drug-likeness (QED) is 0.257. The summed E-state index contributed by atoms with van der Waals surface area (Å²) in [7, 11) is -2.85. The number of carbonyl (C=O) groups excluding carboxylic acids is 2. The fourth-order valence-corrected chi connectivity index (χ4v) is 5.96. The lowest BCUT2D eigenvalue weighted by Gasteiger charge is -2.24. The molecule has 0 saturated carbocycles. The zero-order valence-corrected chi connectivity index (χ0v) is 23.3. The Kier molecular flexibility index (Phi) is 7.77. The second kappa shape index (κ2) is 10.6. The summed E-state index contributed by atoms with van der Waals surface area (Å²) in [6.45, 7) is 6.07. The first-order valence-corrected chi connectivity index (χ1v) is 14.9. The van der Waals surface area contributed by atoms with Crippen LogP contribution in [0.25, 0.3) is 11.1 Å². The molecule has 0 bridgehead atoms. The molecule has 1 saturated heterocycles. The molecule has 6 nitrogen and oxygen atoms in total. The zero-order valence-electron chi connectivity index (χ0n) is 22.4. The van der Waals surface area contributed by atoms with Gasteiger partial charge in [-0.3, -0.25) is 4.79 Å². The number of urea groups is 1. The molecule has 0 aromatic heterocycles. The number of alkyl halides is 3. The first-order chi connectivity index (χ1) is 18.9. The number of nitrogens with zero attached hydrogens (tertiary/aromatic N) is 1. The van der Waals surface area contributed by atoms with Gasteiger partial charge in [0.25, 0.3) is 0 Å². The van der Waals surface area contributed by atoms with Crippen LogP contribution in [0.4, 0.5) is 42.5 Å². The molecule has 1 aliphatic rings. The van der Waals surface area contributed by atoms with E-state index in [9.17, 15) is 31.7 Å². The number of benzene rings is 3. The molecule has 1 fully saturated rings. The molecular formula is C28H26F6N3O3P. The van der Waals surface area contributed by atoms with Crippen LogP contribution in [0.1, 0.15) is 19.4 Å². The van der Waals surface area contributed by atoms with Crippen LogP contribution in [0.2, 0.25) is 0 Å². The van der Waals surface area contributed by atoms with Crippen molar-refractivity contribution in [2.24, 2.45) is 5.41 Å². The van der Waals surface area contributed by atoms with E-state index in [4.69, 9.17) is 0 Å². The molecule has 41 heavy (non-hydrogen) atoms. The Morgan fingerprint density at radius 1 is 0.976 bits per heavy atom. The van der Waals surface area contributed by atoms with Crippen LogP contribution in [-0.4, -0.2) is 37.9 Å². The maximum absolute atomic E-state index is 15.4. The third kappa shape index (κ3) is 5.98. The maximum atomic E-state index is 15.4. The summed E-state index contributed by atoms with van der Waals surface area (Å²) in [6.07, 6.45) is -4.78. The summed E-state index contributed by atoms with van der Waals surface area (Å²) in [5.74, 6) is -4.69. The molecule has 1 atom stereocenters. The van der Waals surface area contributed by atoms with Crippen LogP contribution < -0.4 is 20.8 Å². The van der Waals surface area contributed by atoms with Crippen LogP contribution in [0.15, 0.2) is 54.6 Å². The number of nitrogens with one attached hydrogen (secondary N) is 2. The third-order valence-corrected chi connectivity index (χ3v) is 8.36. The van der Waals surface area contributed by atoms with E-state index >= 15 is 8.78 Å². The SMILES string of the molecule is CC1(C)CN(c2ccc(-c3ccccc3P(C)(C)=O)c(F)c2F)C(=O)[C@@H]1NC(=O)Nc1ccc(C(F)(F)F)cc1F. The minimum atomic E-state index is -4.78. The summed E-state index contributed by atoms with van der Waals surface area (Å²) in [4.78, 5) is 26.8. The Hall–Kier alpha value is -3.79. The summed E-state index contributed by atoms with van der Waals surface area (Å²) in [5, 5.41) is 4.79. The van der Waals surface area contributed by atoms with Crippen molar-refractivity contribution in [3.63, 3.8) is 0 Å². The number of halogens is 6. The van der Waals surface area contributed by atoms with E-state index in [1.807, 2.05) is 0 Å². The number of hydrogen-bond acceptors (Lipinski definition) is 3. The monoisotopic (exact) mass is 597 g/mol. The van der Waals surface area contributed by atoms with Gasteiger partial charge in [-0.15, -0.1) is 0 Å². The first-order valence-electron chi connectivity index (χ1n) is 12.3. The van der Waals surface area contributed by atoms with Crippen LogP contribution in [0, 0.1) is 22.9 Å². The summed E-state index contributed by atoms with van der Waals surface area (Å²) >= 11 is 0. The molecule has 1 aliphatic heterocycles. The van der Waals surface area contributed by atoms with Gasteiger partial charge in [-0.2, -0.15) is 13.2 Å². The number of amides is 3. The van der Waals surface area contributed by atoms with Crippen molar-refractivity contribution in [3.8, 4) is 11.1 Å². The van der Waals surface area contributed by atoms with Gasteiger partial charge >= 0.3 is 12.2 Å². The highest BCUT2D eigenvalue weighted by Gasteiger charge is 2.48. The standard InChI is InChI=1S/C28H26F6N3O3P/c1-27(2)14-37(20-12-10-17(22(30)23(20)31)16-7-5-6-8-21(16)41(3,4)40)25(38)24(27)36-26(39)35-19-11-9-15(13-18(19)29)28(32,33)34/h5-13,24H,14H2,1-4H3,(H2,35,36,39)/t24-/m0/s1. The Labute approximate surface area is 232 Å². The summed E-state index contributed by atoms with van der Waals surface area (Å²) in [6, 6.07) is 8.03. The van der Waals surface area contributed by atoms with Crippen molar-refractivity contribution < 1.29 is 40.5 Å². The average Bonchev–Trinajstić information content (AvgIpc) is 3.09. The molecule has 1 heterocycles. The predicted octanol–water partition coefficient (Wildman–Crippen LogP) is 6.60. The van der Waals surface area contributed by atoms with Gasteiger partial charge in [0.15, 0.2) is 11.6 Å². The van der Waals surface area contributed by atoms with Crippen LogP contribution in [0.3, 0.4) is 0 Å². The van der Waals surface area contributed by atoms with E-state index in [1.54, 1.807) is 32.0 Å². The minimum absolute atomic E-state index is 0.128. The van der Waals surface area contributed by atoms with Crippen molar-refractivity contribution in [2.75, 3.05) is 30.1 Å². The number of hydrogen-bond donors (Lipinski definition) is 2. The van der Waals surface area contributed by atoms with Crippen molar-refractivity contribution in [2.45, 2.75) is 26.1 Å². The maximum Gasteiger partial charge on any atom is 0.416 e. The van der Waals surface area contributed by atoms with E-state index in [0.29, 0.717) is 11.4 Å². The second-order valence-electron chi connectivity index (χ2n) is 10.8. The van der Waals surface area contributed by atoms with Gasteiger partial charge in [0, 0.05) is 22.8 Å². The van der Waals surface area contributed by atoms with Gasteiger partial charge in [0.05, 0.1) is 16.9 Å². The van der Waals surface area contributed by atoms with Gasteiger partial charge in [-0.25, -0.2) is 18.0 Å². The fourth-order valence-electron chi connectivity index (χ4n) is 4.74. The van der Waals surface area contributed by atoms with E-state index in [1.165, 1.54) is 31.5 Å². The molecule has 4 rings (SSSR count). The lowest BCUT2D eigenvalue weighted by molar-refractivity contribution is -0.137. The number of carbonyl (C=O) groups is 2. The molecule has 3 aromatic carbocycles. The normalized spacial score (nSPS) is 17.1. The van der Waals surface area contributed by atoms with Gasteiger partial charge in [0.1, 0.15) is 19.0 Å². The molecule has 218 valence electrons. The molecule has 2 N–H and O–H groups in total. The number of anilines is 2. The van der Waals surface area contributed by atoms with Crippen LogP contribution in [-0.2, 0) is 15.5 Å². The van der Waals surface area contributed by atoms with Crippen LogP contribution >= 0.6 is 7.14 Å². The van der Waals surface area contributed by atoms with E-state index in [0.717, 1.165) is 11.0 Å². The zero-order chi connectivity index (χ0) is 30.5. The Bertz CT molecular complexity index is 1580. The smallest absolute Gasteiger partial charge is 0.325 e. The van der Waals surface area contributed by atoms with Gasteiger partial charge in [0.2, 0.25) is 5.91 Å². The lowest BCUT2D eigenvalue weighted by Crippen LogP contribution is -2.48. The highest BCUT2D eigenvalue weighted by molar-refractivity contribution is 7.70. The molecule has 3 aromatic rings. The predicted molar refractivity (Wildman–Crippen MR) is 144 cm³/mol. The van der Waals surface area contributed by atoms with E-state index < -0.39 is 65.4 Å². The molecule has 0 radical (unpaired) electrons. The molecular weight excluding hydrogens is 571 g/mol. The van der Waals surface area contributed by atoms with Crippen molar-refractivity contribution in [1.29, 1.82) is 0 Å². The van der Waals surface area contributed by atoms with Gasteiger partial charge in [-0.05, 0) is 49.2 Å². The Morgan fingerprint density at radius 2 is 1.63 bits per heavy atom. The number of rotatable bonds is 5. The fraction of sp³-hybridized carbons (Fsp3) is 0.286. The highest BCUT2D eigenvalue weighted by Crippen LogP contribution is 2.42.